The van der Waals surface area contributed by atoms with Gasteiger partial charge in [0.1, 0.15) is 36.9 Å². The molecule has 2 heterocycles. The van der Waals surface area contributed by atoms with Gasteiger partial charge in [-0.15, -0.1) is 0 Å². The first kappa shape index (κ1) is 15.3. The van der Waals surface area contributed by atoms with Gasteiger partial charge in [0.05, 0.1) is 0 Å². The second-order valence-corrected chi connectivity index (χ2v) is 5.71. The first-order valence-corrected chi connectivity index (χ1v) is 8.10. The summed E-state index contributed by atoms with van der Waals surface area (Å²) in [7, 11) is 0. The first-order valence-electron chi connectivity index (χ1n) is 8.10. The number of furan rings is 1. The zero-order chi connectivity index (χ0) is 17.1. The molecule has 0 spiro atoms. The van der Waals surface area contributed by atoms with E-state index in [9.17, 15) is 4.79 Å². The molecule has 0 saturated carbocycles. The number of nitrogens with one attached hydrogen (secondary N) is 1. The maximum atomic E-state index is 12.5. The van der Waals surface area contributed by atoms with Crippen LogP contribution in [0.5, 0.6) is 0 Å². The summed E-state index contributed by atoms with van der Waals surface area (Å²) in [6.45, 7) is 0.808. The molecule has 1 atom stereocenters. The van der Waals surface area contributed by atoms with E-state index in [2.05, 4.69) is 5.32 Å². The van der Waals surface area contributed by atoms with E-state index in [1.807, 2.05) is 60.7 Å². The van der Waals surface area contributed by atoms with Gasteiger partial charge in [0.25, 0.3) is 5.91 Å². The number of benzene rings is 2. The largest absolute Gasteiger partial charge is 0.494 e. The van der Waals surface area contributed by atoms with Crippen molar-refractivity contribution in [1.82, 2.24) is 5.32 Å². The van der Waals surface area contributed by atoms with Crippen molar-refractivity contribution in [3.63, 3.8) is 0 Å². The van der Waals surface area contributed by atoms with Crippen molar-refractivity contribution < 1.29 is 18.7 Å². The molecule has 126 valence electrons. The highest BCUT2D eigenvalue weighted by Crippen LogP contribution is 2.28. The number of rotatable bonds is 4. The van der Waals surface area contributed by atoms with Crippen LogP contribution in [0.3, 0.4) is 0 Å². The summed E-state index contributed by atoms with van der Waals surface area (Å²) < 4.78 is 16.5. The Kier molecular flexibility index (Phi) is 4.12. The molecule has 0 radical (unpaired) electrons. The van der Waals surface area contributed by atoms with E-state index in [0.29, 0.717) is 19.0 Å². The standard InChI is InChI=1S/C20H17NO4/c22-20(18-13-23-10-11-24-18)21-19(14-6-2-1-3-7-14)17-12-15-8-4-5-9-16(15)25-17/h1-9,12-13,19H,10-11H2,(H,21,22). The Bertz CT molecular complexity index is 881. The SMILES string of the molecule is O=C(NC(c1ccccc1)c1cc2ccccc2o1)C1=COCCO1. The van der Waals surface area contributed by atoms with Gasteiger partial charge in [0.2, 0.25) is 5.76 Å². The lowest BCUT2D eigenvalue weighted by Gasteiger charge is -2.20. The third-order valence-corrected chi connectivity index (χ3v) is 4.01. The van der Waals surface area contributed by atoms with Gasteiger partial charge < -0.3 is 19.2 Å². The highest BCUT2D eigenvalue weighted by molar-refractivity contribution is 5.92. The average molecular weight is 335 g/mol. The van der Waals surface area contributed by atoms with Crippen LogP contribution in [0.4, 0.5) is 0 Å². The zero-order valence-corrected chi connectivity index (χ0v) is 13.5. The summed E-state index contributed by atoms with van der Waals surface area (Å²) in [5.41, 5.74) is 1.70. The van der Waals surface area contributed by atoms with Crippen molar-refractivity contribution in [1.29, 1.82) is 0 Å². The summed E-state index contributed by atoms with van der Waals surface area (Å²) in [6.07, 6.45) is 1.35. The number of para-hydroxylation sites is 1. The van der Waals surface area contributed by atoms with Crippen LogP contribution >= 0.6 is 0 Å². The van der Waals surface area contributed by atoms with E-state index in [-0.39, 0.29) is 11.7 Å². The van der Waals surface area contributed by atoms with Crippen molar-refractivity contribution in [2.24, 2.45) is 0 Å². The lowest BCUT2D eigenvalue weighted by molar-refractivity contribution is -0.122. The van der Waals surface area contributed by atoms with Crippen LogP contribution in [-0.2, 0) is 14.3 Å². The first-order chi connectivity index (χ1) is 12.3. The molecular formula is C20H17NO4. The second-order valence-electron chi connectivity index (χ2n) is 5.71. The molecule has 1 aliphatic rings. The molecule has 5 heteroatoms. The number of carbonyl (C=O) groups excluding carboxylic acids is 1. The number of hydrogen-bond acceptors (Lipinski definition) is 4. The Balaban J connectivity index is 1.69. The normalized spacial score (nSPS) is 15.0. The summed E-state index contributed by atoms with van der Waals surface area (Å²) in [6, 6.07) is 19.0. The van der Waals surface area contributed by atoms with Crippen molar-refractivity contribution in [2.45, 2.75) is 6.04 Å². The maximum absolute atomic E-state index is 12.5. The summed E-state index contributed by atoms with van der Waals surface area (Å²) in [5, 5.41) is 3.96. The highest BCUT2D eigenvalue weighted by Gasteiger charge is 2.24. The van der Waals surface area contributed by atoms with Crippen molar-refractivity contribution in [3.05, 3.63) is 84.0 Å². The molecule has 25 heavy (non-hydrogen) atoms. The van der Waals surface area contributed by atoms with E-state index in [1.165, 1.54) is 6.26 Å². The fourth-order valence-corrected chi connectivity index (χ4v) is 2.80. The molecule has 3 aromatic rings. The van der Waals surface area contributed by atoms with Crippen LogP contribution in [0, 0.1) is 0 Å². The van der Waals surface area contributed by atoms with Crippen LogP contribution in [0.15, 0.2) is 77.1 Å². The quantitative estimate of drug-likeness (QED) is 0.792. The van der Waals surface area contributed by atoms with Gasteiger partial charge >= 0.3 is 0 Å². The Morgan fingerprint density at radius 3 is 2.56 bits per heavy atom. The molecule has 1 unspecified atom stereocenters. The van der Waals surface area contributed by atoms with E-state index in [4.69, 9.17) is 13.9 Å². The number of hydrogen-bond donors (Lipinski definition) is 1. The van der Waals surface area contributed by atoms with Gasteiger partial charge in [-0.2, -0.15) is 0 Å². The van der Waals surface area contributed by atoms with Gasteiger partial charge in [-0.3, -0.25) is 4.79 Å². The number of ether oxygens (including phenoxy) is 2. The Morgan fingerprint density at radius 1 is 1.00 bits per heavy atom. The molecule has 1 N–H and O–H groups in total. The molecule has 0 bridgehead atoms. The van der Waals surface area contributed by atoms with Crippen molar-refractivity contribution in [3.8, 4) is 0 Å². The number of amides is 1. The second kappa shape index (κ2) is 6.73. The van der Waals surface area contributed by atoms with Gasteiger partial charge in [0, 0.05) is 5.39 Å². The van der Waals surface area contributed by atoms with Crippen LogP contribution in [0.25, 0.3) is 11.0 Å². The van der Waals surface area contributed by atoms with E-state index >= 15 is 0 Å². The van der Waals surface area contributed by atoms with E-state index < -0.39 is 6.04 Å². The van der Waals surface area contributed by atoms with E-state index in [1.54, 1.807) is 0 Å². The minimum absolute atomic E-state index is 0.170. The topological polar surface area (TPSA) is 60.7 Å². The third kappa shape index (κ3) is 3.21. The molecule has 1 aromatic heterocycles. The highest BCUT2D eigenvalue weighted by atomic mass is 16.6. The lowest BCUT2D eigenvalue weighted by Crippen LogP contribution is -2.32. The van der Waals surface area contributed by atoms with Gasteiger partial charge in [-0.25, -0.2) is 0 Å². The van der Waals surface area contributed by atoms with Crippen molar-refractivity contribution in [2.75, 3.05) is 13.2 Å². The van der Waals surface area contributed by atoms with Crippen LogP contribution in [0.1, 0.15) is 17.4 Å². The Morgan fingerprint density at radius 2 is 1.80 bits per heavy atom. The lowest BCUT2D eigenvalue weighted by atomic mass is 10.0. The predicted molar refractivity (Wildman–Crippen MR) is 92.6 cm³/mol. The van der Waals surface area contributed by atoms with Crippen LogP contribution < -0.4 is 5.32 Å². The third-order valence-electron chi connectivity index (χ3n) is 4.01. The average Bonchev–Trinajstić information content (AvgIpc) is 3.11. The molecule has 1 amide bonds. The van der Waals surface area contributed by atoms with Gasteiger partial charge in [-0.1, -0.05) is 48.5 Å². The van der Waals surface area contributed by atoms with E-state index in [0.717, 1.165) is 16.5 Å². The molecule has 0 fully saturated rings. The summed E-state index contributed by atoms with van der Waals surface area (Å²) in [4.78, 5) is 12.5. The smallest absolute Gasteiger partial charge is 0.290 e. The van der Waals surface area contributed by atoms with Crippen molar-refractivity contribution >= 4 is 16.9 Å². The summed E-state index contributed by atoms with van der Waals surface area (Å²) in [5.74, 6) is 0.496. The van der Waals surface area contributed by atoms with Gasteiger partial charge in [-0.05, 0) is 17.7 Å². The predicted octanol–water partition coefficient (Wildman–Crippen LogP) is 3.53. The minimum atomic E-state index is -0.424. The molecule has 4 rings (SSSR count). The Labute approximate surface area is 144 Å². The molecule has 2 aromatic carbocycles. The minimum Gasteiger partial charge on any atom is -0.494 e. The fraction of sp³-hybridized carbons (Fsp3) is 0.150. The molecular weight excluding hydrogens is 318 g/mol. The van der Waals surface area contributed by atoms with Crippen LogP contribution in [0.2, 0.25) is 0 Å². The molecule has 0 saturated heterocycles. The van der Waals surface area contributed by atoms with Crippen LogP contribution in [-0.4, -0.2) is 19.1 Å². The molecule has 1 aliphatic heterocycles. The fourth-order valence-electron chi connectivity index (χ4n) is 2.80. The maximum Gasteiger partial charge on any atom is 0.290 e. The number of carbonyl (C=O) groups is 1. The molecule has 0 aliphatic carbocycles. The number of fused-ring (bicyclic) bond motifs is 1. The summed E-state index contributed by atoms with van der Waals surface area (Å²) >= 11 is 0. The van der Waals surface area contributed by atoms with Gasteiger partial charge in [0.15, 0.2) is 0 Å². The zero-order valence-electron chi connectivity index (χ0n) is 13.5. The molecule has 5 nitrogen and oxygen atoms in total. The monoisotopic (exact) mass is 335 g/mol. The Hall–Kier alpha value is -3.21.